The molecule has 9 aromatic heterocycles. The lowest BCUT2D eigenvalue weighted by atomic mass is 9.82. The van der Waals surface area contributed by atoms with Gasteiger partial charge in [-0.15, -0.1) is 10.2 Å². The first-order valence-electron chi connectivity index (χ1n) is 33.1. The highest BCUT2D eigenvalue weighted by Crippen LogP contribution is 2.38. The number of nitrogens with one attached hydrogen (secondary N) is 3. The molecule has 0 unspecified atom stereocenters. The van der Waals surface area contributed by atoms with E-state index < -0.39 is 31.0 Å². The van der Waals surface area contributed by atoms with Crippen LogP contribution in [0.15, 0.2) is 193 Å². The van der Waals surface area contributed by atoms with E-state index in [1.807, 2.05) is 165 Å². The Balaban J connectivity index is 0.000000141. The van der Waals surface area contributed by atoms with Gasteiger partial charge in [0.1, 0.15) is 24.2 Å². The van der Waals surface area contributed by atoms with Crippen molar-refractivity contribution in [1.29, 1.82) is 10.5 Å². The summed E-state index contributed by atoms with van der Waals surface area (Å²) in [5.74, 6) is -0.760. The quantitative estimate of drug-likeness (QED) is 0.0674. The lowest BCUT2D eigenvalue weighted by Gasteiger charge is -2.32. The monoisotopic (exact) mass is 1410 g/mol. The van der Waals surface area contributed by atoms with Crippen LogP contribution >= 0.6 is 11.6 Å². The van der Waals surface area contributed by atoms with Crippen molar-refractivity contribution in [3.05, 3.63) is 232 Å². The summed E-state index contributed by atoms with van der Waals surface area (Å²) < 4.78 is 32.6. The van der Waals surface area contributed by atoms with Crippen molar-refractivity contribution >= 4 is 93.1 Å². The highest BCUT2D eigenvalue weighted by atomic mass is 35.5. The number of nitrogens with two attached hydrogens (primary N) is 2. The van der Waals surface area contributed by atoms with Crippen molar-refractivity contribution in [2.75, 3.05) is 11.5 Å². The van der Waals surface area contributed by atoms with Crippen molar-refractivity contribution in [2.24, 2.45) is 0 Å². The molecule has 11 heterocycles. The smallest absolute Gasteiger partial charge is 0.399 e. The second kappa shape index (κ2) is 29.1. The fourth-order valence-electron chi connectivity index (χ4n) is 11.9. The summed E-state index contributed by atoms with van der Waals surface area (Å²) in [6.07, 6.45) is 16.8. The van der Waals surface area contributed by atoms with E-state index in [2.05, 4.69) is 57.3 Å². The molecule has 2 aliphatic rings. The molecular formula is C73H73B2ClN20O8. The Labute approximate surface area is 602 Å². The number of aromatic amines is 1. The third kappa shape index (κ3) is 14.3. The molecule has 13 aromatic rings. The Morgan fingerprint density at radius 2 is 1.04 bits per heavy atom. The summed E-state index contributed by atoms with van der Waals surface area (Å²) in [5.41, 5.74) is 17.0. The van der Waals surface area contributed by atoms with E-state index in [0.29, 0.717) is 66.2 Å². The largest absolute Gasteiger partial charge is 0.498 e. The summed E-state index contributed by atoms with van der Waals surface area (Å²) in [6.45, 7) is 20.1. The number of aromatic nitrogens is 14. The van der Waals surface area contributed by atoms with Crippen LogP contribution in [0.1, 0.15) is 113 Å². The number of nitrogens with zero attached hydrogens (tertiary/aromatic N) is 15. The van der Waals surface area contributed by atoms with Crippen LogP contribution in [0.3, 0.4) is 0 Å². The first kappa shape index (κ1) is 71.8. The molecule has 15 rings (SSSR count). The number of H-pyrrole nitrogens is 1. The third-order valence-electron chi connectivity index (χ3n) is 18.6. The van der Waals surface area contributed by atoms with Crippen molar-refractivity contribution in [3.8, 4) is 34.6 Å². The minimum absolute atomic E-state index is 0.0592. The number of nitriles is 2. The van der Waals surface area contributed by atoms with Crippen molar-refractivity contribution < 1.29 is 28.2 Å². The number of para-hydroxylation sites is 2. The predicted molar refractivity (Wildman–Crippen MR) is 395 cm³/mol. The summed E-state index contributed by atoms with van der Waals surface area (Å²) in [6, 6.07) is 39.5. The van der Waals surface area contributed by atoms with Crippen LogP contribution < -0.4 is 44.1 Å². The second-order valence-corrected chi connectivity index (χ2v) is 27.1. The fraction of sp³-hybridized carbons (Fsp3) is 0.247. The van der Waals surface area contributed by atoms with E-state index in [9.17, 15) is 19.2 Å². The Hall–Kier alpha value is -12.1. The number of carbonyl (C=O) groups is 2. The van der Waals surface area contributed by atoms with Crippen molar-refractivity contribution in [3.63, 3.8) is 0 Å². The molecular weight excluding hydrogens is 1340 g/mol. The molecule has 4 aromatic carbocycles. The zero-order valence-corrected chi connectivity index (χ0v) is 59.3. The van der Waals surface area contributed by atoms with Crippen LogP contribution in [-0.2, 0) is 31.7 Å². The highest BCUT2D eigenvalue weighted by Gasteiger charge is 2.53. The van der Waals surface area contributed by atoms with Gasteiger partial charge < -0.3 is 40.7 Å². The number of fused-ring (bicyclic) bond motifs is 4. The maximum Gasteiger partial charge on any atom is 0.498 e. The Bertz CT molecular complexity index is 5530. The third-order valence-corrected chi connectivity index (χ3v) is 19.0. The zero-order valence-electron chi connectivity index (χ0n) is 58.6. The van der Waals surface area contributed by atoms with Crippen LogP contribution in [0, 0.1) is 22.7 Å². The molecule has 2 fully saturated rings. The van der Waals surface area contributed by atoms with E-state index in [4.69, 9.17) is 52.2 Å². The molecule has 2 amide bonds. The van der Waals surface area contributed by atoms with Gasteiger partial charge in [-0.05, 0) is 140 Å². The van der Waals surface area contributed by atoms with E-state index in [1.165, 1.54) is 13.7 Å². The molecule has 2 aliphatic heterocycles. The van der Waals surface area contributed by atoms with E-state index in [0.717, 1.165) is 16.5 Å². The molecule has 0 saturated carbocycles. The van der Waals surface area contributed by atoms with Crippen LogP contribution in [0.4, 0.5) is 11.6 Å². The zero-order chi connectivity index (χ0) is 74.0. The molecule has 2 saturated heterocycles. The lowest BCUT2D eigenvalue weighted by Crippen LogP contribution is -2.41. The van der Waals surface area contributed by atoms with Gasteiger partial charge in [-0.25, -0.2) is 19.0 Å². The number of carbonyl (C=O) groups excluding carboxylic acids is 2. The second-order valence-electron chi connectivity index (χ2n) is 26.7. The van der Waals surface area contributed by atoms with Gasteiger partial charge in [0, 0.05) is 95.0 Å². The van der Waals surface area contributed by atoms with Crippen LogP contribution in [-0.4, -0.2) is 117 Å². The van der Waals surface area contributed by atoms with Gasteiger partial charge >= 0.3 is 14.2 Å². The van der Waals surface area contributed by atoms with Crippen LogP contribution in [0.25, 0.3) is 55.3 Å². The number of anilines is 2. The molecule has 104 heavy (non-hydrogen) atoms. The molecule has 0 radical (unpaired) electrons. The Morgan fingerprint density at radius 1 is 0.587 bits per heavy atom. The first-order chi connectivity index (χ1) is 49.7. The van der Waals surface area contributed by atoms with Gasteiger partial charge in [-0.3, -0.25) is 42.8 Å². The maximum atomic E-state index is 14.3. The molecule has 7 N–H and O–H groups in total. The average Bonchev–Trinajstić information content (AvgIpc) is 0.953. The van der Waals surface area contributed by atoms with Gasteiger partial charge in [0.2, 0.25) is 0 Å². The van der Waals surface area contributed by atoms with Crippen LogP contribution in [0.5, 0.6) is 0 Å². The molecule has 0 aliphatic carbocycles. The van der Waals surface area contributed by atoms with Gasteiger partial charge in [-0.1, -0.05) is 78.3 Å². The van der Waals surface area contributed by atoms with Gasteiger partial charge in [-0.2, -0.15) is 25.8 Å². The summed E-state index contributed by atoms with van der Waals surface area (Å²) >= 11 is 6.37. The minimum atomic E-state index is -0.593. The van der Waals surface area contributed by atoms with Crippen molar-refractivity contribution in [2.45, 2.75) is 117 Å². The number of rotatable bonds is 13. The maximum absolute atomic E-state index is 14.3. The lowest BCUT2D eigenvalue weighted by molar-refractivity contribution is 0.00578. The number of nitrogen functional groups attached to an aromatic ring is 2. The van der Waals surface area contributed by atoms with E-state index in [-0.39, 0.29) is 76.5 Å². The minimum Gasteiger partial charge on any atom is -0.399 e. The van der Waals surface area contributed by atoms with Crippen molar-refractivity contribution in [1.82, 2.24) is 78.7 Å². The Morgan fingerprint density at radius 3 is 1.52 bits per heavy atom. The number of halogens is 1. The number of hydrogen-bond acceptors (Lipinski definition) is 19. The molecule has 0 spiro atoms. The van der Waals surface area contributed by atoms with Crippen LogP contribution in [0.2, 0.25) is 5.02 Å². The molecule has 31 heteroatoms. The summed E-state index contributed by atoms with van der Waals surface area (Å²) in [4.78, 5) is 62.9. The number of hydrogen-bond donors (Lipinski definition) is 5. The number of pyridine rings is 2. The highest BCUT2D eigenvalue weighted by molar-refractivity contribution is 6.62. The predicted octanol–water partition coefficient (Wildman–Crippen LogP) is 8.67. The van der Waals surface area contributed by atoms with E-state index in [1.54, 1.807) is 107 Å². The summed E-state index contributed by atoms with van der Waals surface area (Å²) in [7, 11) is -0.716. The fourth-order valence-corrected chi connectivity index (χ4v) is 12.1. The topological polar surface area (TPSA) is 363 Å². The summed E-state index contributed by atoms with van der Waals surface area (Å²) in [5, 5.41) is 49.5. The molecule has 2 atom stereocenters. The van der Waals surface area contributed by atoms with E-state index >= 15 is 0 Å². The number of amides is 2. The normalized spacial score (nSPS) is 15.2. The molecule has 0 bridgehead atoms. The SMILES string of the molecule is CC1(C)OB(c2cn[nH]c2)OC1(C)C.CC1(C)OB(c2cnn(CC#N)c2)OC1(C)C.C[C@H](NC(=O)c1c(N)nn2cccnc12)c1cc2cccc(-c3cnn(CC#N)c3)c2c(=O)n1-c1ccccc1.C[C@H](NC(=O)c1c(N)nn2cccnc12)c1cc2cccc(Cl)c2c(=O)n1-c1ccccc1. The Kier molecular flexibility index (Phi) is 20.1. The van der Waals surface area contributed by atoms with Gasteiger partial charge in [0.15, 0.2) is 22.9 Å². The molecule has 28 nitrogen and oxygen atoms in total. The first-order valence-corrected chi connectivity index (χ1v) is 33.5. The molecule has 526 valence electrons. The average molecular weight is 1420 g/mol. The standard InChI is InChI=1S/C29H23N9O2.C24H19ClN6O2.C11H16BN3O2.C9H15BN2O2/c1-18(34-28(39)25-26(31)35-37-13-6-12-32-27(25)37)23-15-19-7-5-10-22(20-16-33-36(17-20)14-11-30)24(19)29(40)38(23)21-8-3-2-4-9-21;1-14(28-23(32)20-21(26)29-30-12-6-11-27-22(20)30)18-13-15-7-5-10-17(25)19(15)24(33)31(18)16-8-3-2-4-9-16;1-10(2)11(3,4)17-12(16-10)9-7-14-15(8-9)6-5-13;1-8(2)9(3,4)14-10(13-8)7-5-11-12-6-7/h2-10,12-13,15-18H,14H2,1H3,(H2,31,35)(H,34,39);2-14H,1H3,(H2,26,29)(H,28,32);7-8H,6H2,1-4H3;5-6H,1-4H3,(H,11,12)/t18-;14-;;/m00../s1. The van der Waals surface area contributed by atoms with Gasteiger partial charge in [0.25, 0.3) is 22.9 Å². The number of benzene rings is 4. The van der Waals surface area contributed by atoms with Gasteiger partial charge in [0.05, 0.1) is 68.6 Å².